The van der Waals surface area contributed by atoms with Crippen LogP contribution in [-0.2, 0) is 6.54 Å². The molecule has 0 saturated heterocycles. The third-order valence-corrected chi connectivity index (χ3v) is 4.00. The molecular formula is C16H22BrN3. The number of halogens is 1. The van der Waals surface area contributed by atoms with E-state index in [0.29, 0.717) is 6.04 Å². The molecule has 1 N–H and O–H groups in total. The van der Waals surface area contributed by atoms with E-state index in [1.54, 1.807) is 0 Å². The van der Waals surface area contributed by atoms with Crippen LogP contribution < -0.4 is 5.32 Å². The summed E-state index contributed by atoms with van der Waals surface area (Å²) in [5, 5.41) is 3.65. The monoisotopic (exact) mass is 335 g/mol. The van der Waals surface area contributed by atoms with Crippen LogP contribution in [0.2, 0.25) is 0 Å². The molecule has 2 rings (SSSR count). The molecule has 0 spiro atoms. The number of nitrogens with zero attached hydrogens (tertiary/aromatic N) is 2. The van der Waals surface area contributed by atoms with E-state index in [4.69, 9.17) is 0 Å². The van der Waals surface area contributed by atoms with E-state index in [9.17, 15) is 0 Å². The Morgan fingerprint density at radius 3 is 2.70 bits per heavy atom. The van der Waals surface area contributed by atoms with Gasteiger partial charge in [0.05, 0.1) is 6.33 Å². The Balaban J connectivity index is 1.70. The van der Waals surface area contributed by atoms with E-state index in [1.165, 1.54) is 18.4 Å². The highest BCUT2D eigenvalue weighted by Crippen LogP contribution is 2.19. The van der Waals surface area contributed by atoms with E-state index in [-0.39, 0.29) is 0 Å². The van der Waals surface area contributed by atoms with Gasteiger partial charge in [0.25, 0.3) is 0 Å². The minimum atomic E-state index is 0.455. The van der Waals surface area contributed by atoms with E-state index in [1.807, 2.05) is 18.7 Å². The number of imidazole rings is 1. The number of hydrogen-bond acceptors (Lipinski definition) is 2. The highest BCUT2D eigenvalue weighted by molar-refractivity contribution is 9.10. The minimum Gasteiger partial charge on any atom is -0.337 e. The maximum atomic E-state index is 4.05. The maximum Gasteiger partial charge on any atom is 0.0945 e. The first-order chi connectivity index (χ1) is 9.79. The zero-order valence-corrected chi connectivity index (χ0v) is 13.5. The largest absolute Gasteiger partial charge is 0.337 e. The molecule has 1 atom stereocenters. The van der Waals surface area contributed by atoms with Crippen molar-refractivity contribution in [1.82, 2.24) is 14.9 Å². The molecule has 0 fully saturated rings. The van der Waals surface area contributed by atoms with Gasteiger partial charge in [-0.1, -0.05) is 35.0 Å². The van der Waals surface area contributed by atoms with Crippen molar-refractivity contribution in [2.75, 3.05) is 6.54 Å². The van der Waals surface area contributed by atoms with Crippen LogP contribution in [0, 0.1) is 0 Å². The Hall–Kier alpha value is -1.13. The van der Waals surface area contributed by atoms with Crippen LogP contribution in [0.3, 0.4) is 0 Å². The summed E-state index contributed by atoms with van der Waals surface area (Å²) < 4.78 is 3.27. The first-order valence-corrected chi connectivity index (χ1v) is 8.03. The van der Waals surface area contributed by atoms with Gasteiger partial charge in [0, 0.05) is 29.5 Å². The van der Waals surface area contributed by atoms with Crippen LogP contribution in [0.4, 0.5) is 0 Å². The second-order valence-corrected chi connectivity index (χ2v) is 5.89. The van der Waals surface area contributed by atoms with Gasteiger partial charge in [-0.2, -0.15) is 0 Å². The number of rotatable bonds is 8. The van der Waals surface area contributed by atoms with Crippen molar-refractivity contribution in [2.24, 2.45) is 0 Å². The molecule has 1 aromatic carbocycles. The van der Waals surface area contributed by atoms with Crippen molar-refractivity contribution in [1.29, 1.82) is 0 Å². The molecule has 3 nitrogen and oxygen atoms in total. The summed E-state index contributed by atoms with van der Waals surface area (Å²) in [6.07, 6.45) is 9.21. The molecule has 4 heteroatoms. The van der Waals surface area contributed by atoms with Crippen LogP contribution in [0.5, 0.6) is 0 Å². The number of hydrogen-bond donors (Lipinski definition) is 1. The summed E-state index contributed by atoms with van der Waals surface area (Å²) in [5.41, 5.74) is 1.37. The molecule has 108 valence electrons. The number of benzene rings is 1. The van der Waals surface area contributed by atoms with Crippen molar-refractivity contribution in [3.8, 4) is 0 Å². The van der Waals surface area contributed by atoms with Gasteiger partial charge in [-0.05, 0) is 43.5 Å². The first kappa shape index (κ1) is 15.3. The molecule has 20 heavy (non-hydrogen) atoms. The van der Waals surface area contributed by atoms with Crippen LogP contribution >= 0.6 is 15.9 Å². The first-order valence-electron chi connectivity index (χ1n) is 7.24. The summed E-state index contributed by atoms with van der Waals surface area (Å²) >= 11 is 3.48. The Morgan fingerprint density at radius 1 is 1.25 bits per heavy atom. The Morgan fingerprint density at radius 2 is 2.05 bits per heavy atom. The third-order valence-electron chi connectivity index (χ3n) is 3.47. The van der Waals surface area contributed by atoms with E-state index >= 15 is 0 Å². The zero-order valence-electron chi connectivity index (χ0n) is 11.9. The predicted octanol–water partition coefficient (Wildman–Crippen LogP) is 4.17. The van der Waals surface area contributed by atoms with Crippen molar-refractivity contribution < 1.29 is 0 Å². The molecule has 2 aromatic rings. The number of unbranched alkanes of at least 4 members (excludes halogenated alkanes) is 1. The molecule has 1 heterocycles. The molecule has 0 amide bonds. The van der Waals surface area contributed by atoms with Crippen LogP contribution in [0.1, 0.15) is 37.8 Å². The topological polar surface area (TPSA) is 29.9 Å². The van der Waals surface area contributed by atoms with Gasteiger partial charge < -0.3 is 9.88 Å². The summed E-state index contributed by atoms with van der Waals surface area (Å²) in [6, 6.07) is 9.06. The minimum absolute atomic E-state index is 0.455. The smallest absolute Gasteiger partial charge is 0.0945 e. The number of aryl methyl sites for hydroxylation is 1. The molecule has 0 aliphatic carbocycles. The van der Waals surface area contributed by atoms with Gasteiger partial charge in [0.15, 0.2) is 0 Å². The van der Waals surface area contributed by atoms with Gasteiger partial charge in [-0.15, -0.1) is 0 Å². The Labute approximate surface area is 129 Å². The fourth-order valence-electron chi connectivity index (χ4n) is 2.31. The van der Waals surface area contributed by atoms with Crippen LogP contribution in [-0.4, -0.2) is 16.1 Å². The number of nitrogens with one attached hydrogen (secondary N) is 1. The molecular weight excluding hydrogens is 314 g/mol. The predicted molar refractivity (Wildman–Crippen MR) is 86.6 cm³/mol. The SMILES string of the molecule is CCC(NCCCCn1ccnc1)c1ccc(Br)cc1. The van der Waals surface area contributed by atoms with Crippen LogP contribution in [0.15, 0.2) is 47.5 Å². The highest BCUT2D eigenvalue weighted by atomic mass is 79.9. The van der Waals surface area contributed by atoms with Gasteiger partial charge in [-0.25, -0.2) is 4.98 Å². The molecule has 0 aliphatic heterocycles. The van der Waals surface area contributed by atoms with Crippen molar-refractivity contribution in [3.63, 3.8) is 0 Å². The lowest BCUT2D eigenvalue weighted by molar-refractivity contribution is 0.490. The van der Waals surface area contributed by atoms with Gasteiger partial charge >= 0.3 is 0 Å². The second-order valence-electron chi connectivity index (χ2n) is 4.97. The summed E-state index contributed by atoms with van der Waals surface area (Å²) in [5.74, 6) is 0. The summed E-state index contributed by atoms with van der Waals surface area (Å²) in [7, 11) is 0. The number of aromatic nitrogens is 2. The standard InChI is InChI=1S/C16H22BrN3/c1-2-16(14-5-7-15(17)8-6-14)19-9-3-4-11-20-12-10-18-13-20/h5-8,10,12-13,16,19H,2-4,9,11H2,1H3. The maximum absolute atomic E-state index is 4.05. The quantitative estimate of drug-likeness (QED) is 0.734. The molecule has 0 radical (unpaired) electrons. The summed E-state index contributed by atoms with van der Waals surface area (Å²) in [6.45, 7) is 4.34. The van der Waals surface area contributed by atoms with Crippen LogP contribution in [0.25, 0.3) is 0 Å². The van der Waals surface area contributed by atoms with Gasteiger partial charge in [0.1, 0.15) is 0 Å². The molecule has 0 bridgehead atoms. The molecule has 1 unspecified atom stereocenters. The highest BCUT2D eigenvalue weighted by Gasteiger charge is 2.07. The molecule has 1 aromatic heterocycles. The zero-order chi connectivity index (χ0) is 14.2. The average Bonchev–Trinajstić information content (AvgIpc) is 2.97. The van der Waals surface area contributed by atoms with E-state index in [0.717, 1.165) is 24.0 Å². The fourth-order valence-corrected chi connectivity index (χ4v) is 2.57. The molecule has 0 aliphatic rings. The lowest BCUT2D eigenvalue weighted by Crippen LogP contribution is -2.22. The lowest BCUT2D eigenvalue weighted by Gasteiger charge is -2.17. The fraction of sp³-hybridized carbons (Fsp3) is 0.438. The lowest BCUT2D eigenvalue weighted by atomic mass is 10.0. The van der Waals surface area contributed by atoms with Crippen molar-refractivity contribution >= 4 is 15.9 Å². The van der Waals surface area contributed by atoms with Crippen molar-refractivity contribution in [3.05, 3.63) is 53.0 Å². The average molecular weight is 336 g/mol. The Kier molecular flexibility index (Phi) is 6.27. The van der Waals surface area contributed by atoms with Gasteiger partial charge in [-0.3, -0.25) is 0 Å². The second kappa shape index (κ2) is 8.22. The van der Waals surface area contributed by atoms with E-state index < -0.39 is 0 Å². The molecule has 0 saturated carbocycles. The normalized spacial score (nSPS) is 12.5. The van der Waals surface area contributed by atoms with Gasteiger partial charge in [0.2, 0.25) is 0 Å². The van der Waals surface area contributed by atoms with Crippen molar-refractivity contribution in [2.45, 2.75) is 38.8 Å². The summed E-state index contributed by atoms with van der Waals surface area (Å²) in [4.78, 5) is 4.05. The third kappa shape index (κ3) is 4.76. The Bertz CT molecular complexity index is 479. The van der Waals surface area contributed by atoms with E-state index in [2.05, 4.69) is 62.0 Å².